The first-order valence-electron chi connectivity index (χ1n) is 7.39. The summed E-state index contributed by atoms with van der Waals surface area (Å²) in [6, 6.07) is 11.7. The predicted molar refractivity (Wildman–Crippen MR) is 98.7 cm³/mol. The van der Waals surface area contributed by atoms with E-state index in [1.807, 2.05) is 64.1 Å². The monoisotopic (exact) mass is 327 g/mol. The van der Waals surface area contributed by atoms with E-state index in [-0.39, 0.29) is 5.91 Å². The number of carbonyl (C=O) groups excluding carboxylic acids is 1. The highest BCUT2D eigenvalue weighted by atomic mass is 32.1. The smallest absolute Gasteiger partial charge is 0.269 e. The van der Waals surface area contributed by atoms with Crippen molar-refractivity contribution in [3.05, 3.63) is 64.2 Å². The van der Waals surface area contributed by atoms with Gasteiger partial charge in [0, 0.05) is 11.3 Å². The van der Waals surface area contributed by atoms with Gasteiger partial charge in [-0.2, -0.15) is 0 Å². The van der Waals surface area contributed by atoms with Crippen molar-refractivity contribution in [3.63, 3.8) is 0 Å². The third kappa shape index (κ3) is 4.29. The summed E-state index contributed by atoms with van der Waals surface area (Å²) in [5.41, 5.74) is 11.2. The van der Waals surface area contributed by atoms with Crippen molar-refractivity contribution in [2.24, 2.45) is 0 Å². The Morgan fingerprint density at radius 1 is 0.957 bits per heavy atom. The van der Waals surface area contributed by atoms with E-state index in [1.54, 1.807) is 0 Å². The van der Waals surface area contributed by atoms with E-state index in [4.69, 9.17) is 12.2 Å². The van der Waals surface area contributed by atoms with Crippen molar-refractivity contribution < 1.29 is 4.79 Å². The Bertz CT molecular complexity index is 756. The van der Waals surface area contributed by atoms with Gasteiger partial charge in [0.25, 0.3) is 5.91 Å². The van der Waals surface area contributed by atoms with E-state index < -0.39 is 0 Å². The zero-order chi connectivity index (χ0) is 17.0. The summed E-state index contributed by atoms with van der Waals surface area (Å²) >= 11 is 5.23. The number of hydrazine groups is 1. The number of hydrogen-bond donors (Lipinski definition) is 3. The molecule has 0 aliphatic rings. The minimum absolute atomic E-state index is 0.212. The molecule has 0 bridgehead atoms. The molecular formula is C18H21N3OS. The minimum Gasteiger partial charge on any atom is -0.331 e. The van der Waals surface area contributed by atoms with Gasteiger partial charge >= 0.3 is 0 Å². The fourth-order valence-electron chi connectivity index (χ4n) is 2.20. The van der Waals surface area contributed by atoms with Crippen LogP contribution in [-0.2, 0) is 0 Å². The zero-order valence-corrected chi connectivity index (χ0v) is 14.6. The van der Waals surface area contributed by atoms with Crippen LogP contribution >= 0.6 is 12.2 Å². The van der Waals surface area contributed by atoms with Crippen molar-refractivity contribution in [1.29, 1.82) is 0 Å². The molecule has 0 unspecified atom stereocenters. The van der Waals surface area contributed by atoms with Crippen LogP contribution in [0, 0.1) is 27.7 Å². The summed E-state index contributed by atoms with van der Waals surface area (Å²) in [5, 5.41) is 3.43. The van der Waals surface area contributed by atoms with Gasteiger partial charge in [-0.05, 0) is 68.7 Å². The van der Waals surface area contributed by atoms with Crippen LogP contribution in [0.15, 0.2) is 36.4 Å². The van der Waals surface area contributed by atoms with Crippen LogP contribution in [0.4, 0.5) is 5.69 Å². The molecule has 120 valence electrons. The van der Waals surface area contributed by atoms with Gasteiger partial charge in [-0.15, -0.1) is 0 Å². The molecule has 5 heteroatoms. The van der Waals surface area contributed by atoms with Gasteiger partial charge in [-0.3, -0.25) is 15.6 Å². The number of anilines is 1. The molecule has 1 amide bonds. The number of benzene rings is 2. The lowest BCUT2D eigenvalue weighted by atomic mass is 10.1. The Morgan fingerprint density at radius 2 is 1.70 bits per heavy atom. The fourth-order valence-corrected chi connectivity index (χ4v) is 2.36. The number of carbonyl (C=O) groups is 1. The van der Waals surface area contributed by atoms with Crippen LogP contribution in [-0.4, -0.2) is 11.0 Å². The summed E-state index contributed by atoms with van der Waals surface area (Å²) in [6.07, 6.45) is 0. The van der Waals surface area contributed by atoms with Gasteiger partial charge in [-0.25, -0.2) is 0 Å². The van der Waals surface area contributed by atoms with Crippen LogP contribution in [0.5, 0.6) is 0 Å². The number of nitrogens with one attached hydrogen (secondary N) is 3. The minimum atomic E-state index is -0.212. The number of hydrogen-bond acceptors (Lipinski definition) is 2. The molecule has 3 N–H and O–H groups in total. The van der Waals surface area contributed by atoms with Gasteiger partial charge in [0.2, 0.25) is 0 Å². The fraction of sp³-hybridized carbons (Fsp3) is 0.222. The molecule has 23 heavy (non-hydrogen) atoms. The maximum atomic E-state index is 12.2. The average molecular weight is 327 g/mol. The topological polar surface area (TPSA) is 53.2 Å². The SMILES string of the molecule is Cc1ccc(C)c(C(=O)NNC(=S)Nc2cccc(C)c2C)c1. The molecule has 0 atom stereocenters. The number of rotatable bonds is 2. The summed E-state index contributed by atoms with van der Waals surface area (Å²) in [5.74, 6) is -0.212. The van der Waals surface area contributed by atoms with Crippen LogP contribution in [0.1, 0.15) is 32.6 Å². The molecule has 4 nitrogen and oxygen atoms in total. The molecule has 2 aromatic rings. The highest BCUT2D eigenvalue weighted by Crippen LogP contribution is 2.17. The predicted octanol–water partition coefficient (Wildman–Crippen LogP) is 3.55. The molecule has 0 heterocycles. The third-order valence-electron chi connectivity index (χ3n) is 3.78. The summed E-state index contributed by atoms with van der Waals surface area (Å²) in [4.78, 5) is 12.2. The second-order valence-electron chi connectivity index (χ2n) is 5.60. The first kappa shape index (κ1) is 17.0. The molecule has 0 saturated carbocycles. The third-order valence-corrected chi connectivity index (χ3v) is 3.98. The lowest BCUT2D eigenvalue weighted by molar-refractivity contribution is 0.0943. The molecule has 0 saturated heterocycles. The molecule has 0 spiro atoms. The second kappa shape index (κ2) is 7.24. The van der Waals surface area contributed by atoms with E-state index >= 15 is 0 Å². The van der Waals surface area contributed by atoms with Crippen LogP contribution in [0.3, 0.4) is 0 Å². The molecule has 0 radical (unpaired) electrons. The van der Waals surface area contributed by atoms with Crippen LogP contribution in [0.25, 0.3) is 0 Å². The largest absolute Gasteiger partial charge is 0.331 e. The quantitative estimate of drug-likeness (QED) is 0.583. The standard InChI is InChI=1S/C18H21N3OS/c1-11-8-9-13(3)15(10-11)17(22)20-21-18(23)19-16-7-5-6-12(2)14(16)4/h5-10H,1-4H3,(H,20,22)(H2,19,21,23). The Morgan fingerprint density at radius 3 is 2.43 bits per heavy atom. The maximum absolute atomic E-state index is 12.2. The average Bonchev–Trinajstić information content (AvgIpc) is 2.52. The first-order valence-corrected chi connectivity index (χ1v) is 7.80. The molecule has 0 aliphatic carbocycles. The molecule has 0 aliphatic heterocycles. The number of thiocarbonyl (C=S) groups is 1. The van der Waals surface area contributed by atoms with Crippen molar-refractivity contribution in [2.75, 3.05) is 5.32 Å². The Kier molecular flexibility index (Phi) is 5.34. The first-order chi connectivity index (χ1) is 10.9. The lowest BCUT2D eigenvalue weighted by Gasteiger charge is -2.15. The number of amides is 1. The van der Waals surface area contributed by atoms with Gasteiger partial charge < -0.3 is 5.32 Å². The Hall–Kier alpha value is -2.40. The van der Waals surface area contributed by atoms with Gasteiger partial charge in [0.05, 0.1) is 0 Å². The zero-order valence-electron chi connectivity index (χ0n) is 13.8. The molecule has 2 aromatic carbocycles. The van der Waals surface area contributed by atoms with Crippen molar-refractivity contribution in [2.45, 2.75) is 27.7 Å². The maximum Gasteiger partial charge on any atom is 0.269 e. The highest BCUT2D eigenvalue weighted by Gasteiger charge is 2.09. The summed E-state index contributed by atoms with van der Waals surface area (Å²) in [7, 11) is 0. The molecule has 0 fully saturated rings. The molecule has 0 aromatic heterocycles. The van der Waals surface area contributed by atoms with Crippen molar-refractivity contribution >= 4 is 28.9 Å². The van der Waals surface area contributed by atoms with Crippen LogP contribution in [0.2, 0.25) is 0 Å². The highest BCUT2D eigenvalue weighted by molar-refractivity contribution is 7.80. The Balaban J connectivity index is 1.98. The van der Waals surface area contributed by atoms with Gasteiger partial charge in [0.15, 0.2) is 5.11 Å². The molecule has 2 rings (SSSR count). The van der Waals surface area contributed by atoms with Crippen molar-refractivity contribution in [3.8, 4) is 0 Å². The van der Waals surface area contributed by atoms with Crippen molar-refractivity contribution in [1.82, 2.24) is 10.9 Å². The summed E-state index contributed by atoms with van der Waals surface area (Å²) in [6.45, 7) is 7.92. The van der Waals surface area contributed by atoms with E-state index in [0.29, 0.717) is 10.7 Å². The lowest BCUT2D eigenvalue weighted by Crippen LogP contribution is -2.44. The van der Waals surface area contributed by atoms with E-state index in [1.165, 1.54) is 5.56 Å². The Labute approximate surface area is 142 Å². The normalized spacial score (nSPS) is 10.1. The van der Waals surface area contributed by atoms with Crippen LogP contribution < -0.4 is 16.2 Å². The van der Waals surface area contributed by atoms with Gasteiger partial charge in [-0.1, -0.05) is 29.8 Å². The van der Waals surface area contributed by atoms with E-state index in [2.05, 4.69) is 16.2 Å². The summed E-state index contributed by atoms with van der Waals surface area (Å²) < 4.78 is 0. The van der Waals surface area contributed by atoms with Gasteiger partial charge in [0.1, 0.15) is 0 Å². The second-order valence-corrected chi connectivity index (χ2v) is 6.01. The van der Waals surface area contributed by atoms with E-state index in [9.17, 15) is 4.79 Å². The van der Waals surface area contributed by atoms with E-state index in [0.717, 1.165) is 22.4 Å². The number of aryl methyl sites for hydroxylation is 3. The molecular weight excluding hydrogens is 306 g/mol.